The summed E-state index contributed by atoms with van der Waals surface area (Å²) < 4.78 is 0. The Balaban J connectivity index is 0.00000242. The molecule has 2 rings (SSSR count). The molecule has 4 nitrogen and oxygen atoms in total. The van der Waals surface area contributed by atoms with Gasteiger partial charge in [-0.3, -0.25) is 4.79 Å². The Bertz CT molecular complexity index is 436. The first-order chi connectivity index (χ1) is 10.2. The summed E-state index contributed by atoms with van der Waals surface area (Å²) >= 11 is 0. The molecular weight excluding hydrogens is 300 g/mol. The van der Waals surface area contributed by atoms with Gasteiger partial charge in [-0.05, 0) is 43.3 Å². The highest BCUT2D eigenvalue weighted by molar-refractivity contribution is 5.85. The van der Waals surface area contributed by atoms with Gasteiger partial charge in [-0.25, -0.2) is 0 Å². The molecule has 2 unspecified atom stereocenters. The van der Waals surface area contributed by atoms with Gasteiger partial charge in [-0.15, -0.1) is 12.4 Å². The van der Waals surface area contributed by atoms with Gasteiger partial charge in [0.2, 0.25) is 5.91 Å². The monoisotopic (exact) mass is 326 g/mol. The quantitative estimate of drug-likeness (QED) is 0.751. The van der Waals surface area contributed by atoms with E-state index in [0.29, 0.717) is 18.3 Å². The minimum Gasteiger partial charge on any atom is -0.387 e. The van der Waals surface area contributed by atoms with E-state index in [1.165, 1.54) is 0 Å². The van der Waals surface area contributed by atoms with Crippen LogP contribution in [0.3, 0.4) is 0 Å². The largest absolute Gasteiger partial charge is 0.387 e. The zero-order valence-electron chi connectivity index (χ0n) is 13.1. The van der Waals surface area contributed by atoms with Crippen LogP contribution >= 0.6 is 12.4 Å². The van der Waals surface area contributed by atoms with E-state index < -0.39 is 6.10 Å². The highest BCUT2D eigenvalue weighted by Crippen LogP contribution is 2.24. The molecule has 0 saturated carbocycles. The van der Waals surface area contributed by atoms with Crippen LogP contribution in [0.25, 0.3) is 0 Å². The summed E-state index contributed by atoms with van der Waals surface area (Å²) in [6.45, 7) is 4.55. The highest BCUT2D eigenvalue weighted by atomic mass is 35.5. The van der Waals surface area contributed by atoms with Gasteiger partial charge in [0.25, 0.3) is 0 Å². The summed E-state index contributed by atoms with van der Waals surface area (Å²) in [4.78, 5) is 12.0. The van der Waals surface area contributed by atoms with Crippen molar-refractivity contribution in [2.75, 3.05) is 19.6 Å². The zero-order chi connectivity index (χ0) is 15.1. The van der Waals surface area contributed by atoms with Crippen molar-refractivity contribution in [2.24, 2.45) is 11.8 Å². The van der Waals surface area contributed by atoms with Crippen molar-refractivity contribution >= 4 is 18.3 Å². The number of benzene rings is 1. The molecule has 0 bridgehead atoms. The number of hydrogen-bond acceptors (Lipinski definition) is 3. The van der Waals surface area contributed by atoms with Crippen LogP contribution in [-0.2, 0) is 4.79 Å². The van der Waals surface area contributed by atoms with Crippen LogP contribution in [0.5, 0.6) is 0 Å². The number of aliphatic hydroxyl groups excluding tert-OH is 1. The van der Waals surface area contributed by atoms with Gasteiger partial charge in [0, 0.05) is 13.0 Å². The van der Waals surface area contributed by atoms with Gasteiger partial charge >= 0.3 is 0 Å². The number of carbonyl (C=O) groups excluding carboxylic acids is 1. The Morgan fingerprint density at radius 3 is 2.59 bits per heavy atom. The molecule has 1 aliphatic rings. The van der Waals surface area contributed by atoms with Gasteiger partial charge in [0.15, 0.2) is 0 Å². The summed E-state index contributed by atoms with van der Waals surface area (Å²) in [5.74, 6) is 1.08. The second-order valence-electron chi connectivity index (χ2n) is 6.00. The topological polar surface area (TPSA) is 61.4 Å². The van der Waals surface area contributed by atoms with Crippen molar-refractivity contribution in [3.63, 3.8) is 0 Å². The molecule has 1 aliphatic heterocycles. The number of amides is 1. The van der Waals surface area contributed by atoms with E-state index in [4.69, 9.17) is 0 Å². The van der Waals surface area contributed by atoms with Crippen molar-refractivity contribution in [1.82, 2.24) is 10.6 Å². The third-order valence-corrected chi connectivity index (χ3v) is 4.37. The summed E-state index contributed by atoms with van der Waals surface area (Å²) in [5.41, 5.74) is 0.837. The fourth-order valence-electron chi connectivity index (χ4n) is 2.95. The van der Waals surface area contributed by atoms with E-state index in [2.05, 4.69) is 17.6 Å². The van der Waals surface area contributed by atoms with Crippen LogP contribution in [0.2, 0.25) is 0 Å². The molecular formula is C17H27ClN2O2. The summed E-state index contributed by atoms with van der Waals surface area (Å²) in [7, 11) is 0. The molecule has 1 aromatic rings. The molecule has 124 valence electrons. The molecule has 1 saturated heterocycles. The maximum Gasteiger partial charge on any atom is 0.220 e. The highest BCUT2D eigenvalue weighted by Gasteiger charge is 2.22. The third-order valence-electron chi connectivity index (χ3n) is 4.37. The van der Waals surface area contributed by atoms with Crippen molar-refractivity contribution in [2.45, 2.75) is 32.3 Å². The first kappa shape index (κ1) is 18.9. The number of rotatable bonds is 6. The Hall–Kier alpha value is -1.10. The molecule has 5 heteroatoms. The number of hydrogen-bond donors (Lipinski definition) is 3. The molecule has 1 heterocycles. The van der Waals surface area contributed by atoms with Gasteiger partial charge in [0.1, 0.15) is 0 Å². The van der Waals surface area contributed by atoms with Crippen LogP contribution in [0.4, 0.5) is 0 Å². The fraction of sp³-hybridized carbons (Fsp3) is 0.588. The number of carbonyl (C=O) groups is 1. The van der Waals surface area contributed by atoms with Crippen molar-refractivity contribution in [3.05, 3.63) is 35.9 Å². The molecule has 0 aromatic heterocycles. The predicted molar refractivity (Wildman–Crippen MR) is 91.0 cm³/mol. The molecule has 22 heavy (non-hydrogen) atoms. The van der Waals surface area contributed by atoms with Crippen LogP contribution in [-0.4, -0.2) is 30.6 Å². The minimum absolute atomic E-state index is 0. The first-order valence-electron chi connectivity index (χ1n) is 7.87. The Morgan fingerprint density at radius 1 is 1.32 bits per heavy atom. The van der Waals surface area contributed by atoms with Gasteiger partial charge in [0.05, 0.1) is 6.10 Å². The number of aliphatic hydroxyl groups is 1. The molecule has 0 radical (unpaired) electrons. The fourth-order valence-corrected chi connectivity index (χ4v) is 2.95. The van der Waals surface area contributed by atoms with E-state index in [-0.39, 0.29) is 24.9 Å². The second-order valence-corrected chi connectivity index (χ2v) is 6.00. The number of halogens is 1. The standard InChI is InChI=1S/C17H26N2O2.ClH/c1-13(14-7-9-18-10-8-14)11-17(21)19-12-16(20)15-5-3-2-4-6-15;/h2-6,13-14,16,18,20H,7-12H2,1H3,(H,19,21);1H. The average Bonchev–Trinajstić information content (AvgIpc) is 2.54. The third kappa shape index (κ3) is 5.95. The van der Waals surface area contributed by atoms with Gasteiger partial charge in [-0.2, -0.15) is 0 Å². The van der Waals surface area contributed by atoms with E-state index in [0.717, 1.165) is 31.5 Å². The van der Waals surface area contributed by atoms with Crippen LogP contribution < -0.4 is 10.6 Å². The lowest BCUT2D eigenvalue weighted by Gasteiger charge is -2.28. The van der Waals surface area contributed by atoms with Crippen molar-refractivity contribution in [1.29, 1.82) is 0 Å². The molecule has 2 atom stereocenters. The molecule has 3 N–H and O–H groups in total. The van der Waals surface area contributed by atoms with E-state index >= 15 is 0 Å². The Morgan fingerprint density at radius 2 is 1.95 bits per heavy atom. The van der Waals surface area contributed by atoms with E-state index in [9.17, 15) is 9.90 Å². The van der Waals surface area contributed by atoms with Gasteiger partial charge in [-0.1, -0.05) is 37.3 Å². The summed E-state index contributed by atoms with van der Waals surface area (Å²) in [6.07, 6.45) is 2.22. The maximum absolute atomic E-state index is 12.0. The average molecular weight is 327 g/mol. The van der Waals surface area contributed by atoms with E-state index in [1.807, 2.05) is 30.3 Å². The van der Waals surface area contributed by atoms with Gasteiger partial charge < -0.3 is 15.7 Å². The lowest BCUT2D eigenvalue weighted by atomic mass is 9.84. The molecule has 1 amide bonds. The number of nitrogens with one attached hydrogen (secondary N) is 2. The van der Waals surface area contributed by atoms with Crippen molar-refractivity contribution < 1.29 is 9.90 Å². The molecule has 0 aliphatic carbocycles. The normalized spacial score (nSPS) is 18.1. The minimum atomic E-state index is -0.635. The second kappa shape index (κ2) is 9.82. The molecule has 1 fully saturated rings. The SMILES string of the molecule is CC(CC(=O)NCC(O)c1ccccc1)C1CCNCC1.Cl. The number of piperidine rings is 1. The summed E-state index contributed by atoms with van der Waals surface area (Å²) in [5, 5.41) is 16.2. The Kier molecular flexibility index (Phi) is 8.46. The summed E-state index contributed by atoms with van der Waals surface area (Å²) in [6, 6.07) is 9.43. The van der Waals surface area contributed by atoms with Crippen molar-refractivity contribution in [3.8, 4) is 0 Å². The molecule has 0 spiro atoms. The smallest absolute Gasteiger partial charge is 0.220 e. The predicted octanol–water partition coefficient (Wildman–Crippen LogP) is 2.28. The lowest BCUT2D eigenvalue weighted by Crippen LogP contribution is -2.34. The van der Waals surface area contributed by atoms with E-state index in [1.54, 1.807) is 0 Å². The van der Waals surface area contributed by atoms with Crippen LogP contribution in [0.1, 0.15) is 37.9 Å². The zero-order valence-corrected chi connectivity index (χ0v) is 13.9. The Labute approximate surface area is 139 Å². The lowest BCUT2D eigenvalue weighted by molar-refractivity contribution is -0.122. The maximum atomic E-state index is 12.0. The first-order valence-corrected chi connectivity index (χ1v) is 7.87. The van der Waals surface area contributed by atoms with Crippen LogP contribution in [0, 0.1) is 11.8 Å². The molecule has 1 aromatic carbocycles. The van der Waals surface area contributed by atoms with Crippen LogP contribution in [0.15, 0.2) is 30.3 Å².